The Balaban J connectivity index is 1.92. The summed E-state index contributed by atoms with van der Waals surface area (Å²) in [5.41, 5.74) is 0. The van der Waals surface area contributed by atoms with E-state index in [2.05, 4.69) is 15.3 Å². The molecule has 1 atom stereocenters. The Morgan fingerprint density at radius 2 is 2.37 bits per heavy atom. The first-order valence-electron chi connectivity index (χ1n) is 6.23. The Bertz CT molecular complexity index is 415. The number of alkyl halides is 2. The second-order valence-corrected chi connectivity index (χ2v) is 4.49. The molecule has 0 radical (unpaired) electrons. The lowest BCUT2D eigenvalue weighted by Gasteiger charge is -2.32. The minimum atomic E-state index is -2.51. The number of carbonyl (C=O) groups is 1. The molecular formula is C12H16F2N4O. The molecule has 104 valence electrons. The van der Waals surface area contributed by atoms with E-state index in [0.717, 1.165) is 13.0 Å². The fourth-order valence-corrected chi connectivity index (χ4v) is 2.18. The summed E-state index contributed by atoms with van der Waals surface area (Å²) < 4.78 is 24.1. The number of nitrogens with zero attached hydrogens (tertiary/aromatic N) is 3. The molecule has 1 aromatic rings. The summed E-state index contributed by atoms with van der Waals surface area (Å²) in [6.07, 6.45) is 3.86. The van der Waals surface area contributed by atoms with E-state index in [1.165, 1.54) is 0 Å². The van der Waals surface area contributed by atoms with Crippen molar-refractivity contribution in [2.75, 3.05) is 24.5 Å². The fourth-order valence-electron chi connectivity index (χ4n) is 2.18. The van der Waals surface area contributed by atoms with Gasteiger partial charge in [0.05, 0.1) is 18.7 Å². The van der Waals surface area contributed by atoms with Crippen molar-refractivity contribution in [1.29, 1.82) is 0 Å². The second-order valence-electron chi connectivity index (χ2n) is 4.49. The van der Waals surface area contributed by atoms with Gasteiger partial charge in [-0.2, -0.15) is 0 Å². The number of amides is 1. The number of hydrogen-bond acceptors (Lipinski definition) is 4. The normalized spacial score (nSPS) is 19.5. The average Bonchev–Trinajstić information content (AvgIpc) is 2.46. The third-order valence-electron chi connectivity index (χ3n) is 3.10. The first-order chi connectivity index (χ1) is 9.16. The van der Waals surface area contributed by atoms with Gasteiger partial charge in [0.15, 0.2) is 0 Å². The van der Waals surface area contributed by atoms with Gasteiger partial charge in [0, 0.05) is 25.5 Å². The molecule has 0 aliphatic carbocycles. The predicted octanol–water partition coefficient (Wildman–Crippen LogP) is 1.07. The summed E-state index contributed by atoms with van der Waals surface area (Å²) in [5, 5.41) is 2.27. The van der Waals surface area contributed by atoms with Gasteiger partial charge >= 0.3 is 0 Å². The Labute approximate surface area is 110 Å². The van der Waals surface area contributed by atoms with Crippen LogP contribution in [0.25, 0.3) is 0 Å². The highest BCUT2D eigenvalue weighted by molar-refractivity contribution is 5.79. The van der Waals surface area contributed by atoms with Gasteiger partial charge in [-0.05, 0) is 12.8 Å². The van der Waals surface area contributed by atoms with Crippen LogP contribution < -0.4 is 10.2 Å². The number of nitrogens with one attached hydrogen (secondary N) is 1. The van der Waals surface area contributed by atoms with Crippen molar-refractivity contribution in [1.82, 2.24) is 15.3 Å². The maximum Gasteiger partial charge on any atom is 0.255 e. The van der Waals surface area contributed by atoms with Crippen LogP contribution in [0.1, 0.15) is 12.8 Å². The topological polar surface area (TPSA) is 58.1 Å². The van der Waals surface area contributed by atoms with Crippen LogP contribution in [0.2, 0.25) is 0 Å². The van der Waals surface area contributed by atoms with Gasteiger partial charge in [-0.3, -0.25) is 9.78 Å². The zero-order valence-corrected chi connectivity index (χ0v) is 10.4. The molecule has 1 saturated heterocycles. The zero-order chi connectivity index (χ0) is 13.7. The molecule has 0 aromatic carbocycles. The molecule has 1 aromatic heterocycles. The number of piperidine rings is 1. The lowest BCUT2D eigenvalue weighted by molar-refractivity contribution is -0.125. The van der Waals surface area contributed by atoms with E-state index in [9.17, 15) is 13.6 Å². The molecule has 1 fully saturated rings. The third kappa shape index (κ3) is 3.84. The highest BCUT2D eigenvalue weighted by atomic mass is 19.3. The summed E-state index contributed by atoms with van der Waals surface area (Å²) >= 11 is 0. The predicted molar refractivity (Wildman–Crippen MR) is 66.0 cm³/mol. The number of hydrogen-bond donors (Lipinski definition) is 1. The molecule has 0 spiro atoms. The number of anilines is 1. The summed E-state index contributed by atoms with van der Waals surface area (Å²) in [5.74, 6) is 0.136. The van der Waals surface area contributed by atoms with Crippen LogP contribution in [-0.4, -0.2) is 41.9 Å². The summed E-state index contributed by atoms with van der Waals surface area (Å²) in [6, 6.07) is 0. The standard InChI is InChI=1S/C12H16F2N4O/c13-10(14)6-17-12(19)9-2-1-5-18(8-9)11-7-15-3-4-16-11/h3-4,7,9-10H,1-2,5-6,8H2,(H,17,19). The molecule has 1 unspecified atom stereocenters. The molecule has 5 nitrogen and oxygen atoms in total. The molecule has 19 heavy (non-hydrogen) atoms. The van der Waals surface area contributed by atoms with Gasteiger partial charge in [0.1, 0.15) is 5.82 Å². The van der Waals surface area contributed by atoms with Gasteiger partial charge in [-0.1, -0.05) is 0 Å². The summed E-state index contributed by atoms with van der Waals surface area (Å²) in [7, 11) is 0. The molecule has 1 amide bonds. The van der Waals surface area contributed by atoms with E-state index < -0.39 is 13.0 Å². The van der Waals surface area contributed by atoms with Crippen LogP contribution in [0.15, 0.2) is 18.6 Å². The average molecular weight is 270 g/mol. The summed E-state index contributed by atoms with van der Waals surface area (Å²) in [6.45, 7) is 0.714. The molecule has 2 rings (SSSR count). The van der Waals surface area contributed by atoms with Crippen molar-refractivity contribution >= 4 is 11.7 Å². The van der Waals surface area contributed by atoms with E-state index in [1.54, 1.807) is 18.6 Å². The highest BCUT2D eigenvalue weighted by Crippen LogP contribution is 2.20. The van der Waals surface area contributed by atoms with Gasteiger partial charge in [0.2, 0.25) is 5.91 Å². The van der Waals surface area contributed by atoms with Crippen molar-refractivity contribution < 1.29 is 13.6 Å². The number of aromatic nitrogens is 2. The number of carbonyl (C=O) groups excluding carboxylic acids is 1. The van der Waals surface area contributed by atoms with Crippen LogP contribution >= 0.6 is 0 Å². The molecule has 7 heteroatoms. The molecule has 0 saturated carbocycles. The van der Waals surface area contributed by atoms with E-state index in [0.29, 0.717) is 18.8 Å². The van der Waals surface area contributed by atoms with Crippen LogP contribution in [-0.2, 0) is 4.79 Å². The monoisotopic (exact) mass is 270 g/mol. The Kier molecular flexibility index (Phi) is 4.59. The minimum Gasteiger partial charge on any atom is -0.355 e. The zero-order valence-electron chi connectivity index (χ0n) is 10.4. The lowest BCUT2D eigenvalue weighted by atomic mass is 9.97. The van der Waals surface area contributed by atoms with E-state index >= 15 is 0 Å². The van der Waals surface area contributed by atoms with E-state index in [1.807, 2.05) is 4.90 Å². The van der Waals surface area contributed by atoms with Crippen molar-refractivity contribution in [3.63, 3.8) is 0 Å². The van der Waals surface area contributed by atoms with Crippen molar-refractivity contribution in [3.05, 3.63) is 18.6 Å². The van der Waals surface area contributed by atoms with Crippen LogP contribution in [0.5, 0.6) is 0 Å². The third-order valence-corrected chi connectivity index (χ3v) is 3.10. The Morgan fingerprint density at radius 3 is 3.05 bits per heavy atom. The van der Waals surface area contributed by atoms with Crippen molar-refractivity contribution in [2.45, 2.75) is 19.3 Å². The molecular weight excluding hydrogens is 254 g/mol. The van der Waals surface area contributed by atoms with Crippen LogP contribution in [0.4, 0.5) is 14.6 Å². The number of halogens is 2. The number of rotatable bonds is 4. The van der Waals surface area contributed by atoms with Crippen molar-refractivity contribution in [2.24, 2.45) is 5.92 Å². The van der Waals surface area contributed by atoms with Crippen LogP contribution in [0.3, 0.4) is 0 Å². The quantitative estimate of drug-likeness (QED) is 0.889. The highest BCUT2D eigenvalue weighted by Gasteiger charge is 2.26. The maximum atomic E-state index is 12.1. The molecule has 1 aliphatic heterocycles. The van der Waals surface area contributed by atoms with Gasteiger partial charge < -0.3 is 10.2 Å². The minimum absolute atomic E-state index is 0.269. The lowest BCUT2D eigenvalue weighted by Crippen LogP contribution is -2.44. The second kappa shape index (κ2) is 6.40. The molecule has 1 aliphatic rings. The fraction of sp³-hybridized carbons (Fsp3) is 0.583. The van der Waals surface area contributed by atoms with Gasteiger partial charge in [0.25, 0.3) is 6.43 Å². The Morgan fingerprint density at radius 1 is 1.53 bits per heavy atom. The smallest absolute Gasteiger partial charge is 0.255 e. The maximum absolute atomic E-state index is 12.1. The molecule has 0 bridgehead atoms. The first kappa shape index (κ1) is 13.6. The summed E-state index contributed by atoms with van der Waals surface area (Å²) in [4.78, 5) is 21.9. The molecule has 1 N–H and O–H groups in total. The van der Waals surface area contributed by atoms with E-state index in [4.69, 9.17) is 0 Å². The SMILES string of the molecule is O=C(NCC(F)F)C1CCCN(c2cnccn2)C1. The Hall–Kier alpha value is -1.79. The molecule has 2 heterocycles. The first-order valence-corrected chi connectivity index (χ1v) is 6.23. The van der Waals surface area contributed by atoms with Crippen LogP contribution in [0, 0.1) is 5.92 Å². The van der Waals surface area contributed by atoms with E-state index in [-0.39, 0.29) is 11.8 Å². The van der Waals surface area contributed by atoms with Gasteiger partial charge in [-0.15, -0.1) is 0 Å². The van der Waals surface area contributed by atoms with Gasteiger partial charge in [-0.25, -0.2) is 13.8 Å². The largest absolute Gasteiger partial charge is 0.355 e. The van der Waals surface area contributed by atoms with Crippen molar-refractivity contribution in [3.8, 4) is 0 Å².